The minimum atomic E-state index is -3.50. The van der Waals surface area contributed by atoms with E-state index in [1.54, 1.807) is 0 Å². The second kappa shape index (κ2) is 3.17. The average molecular weight is 205 g/mol. The molecule has 1 rings (SSSR count). The molecular formula is C6H7NO5S. The molecule has 0 unspecified atom stereocenters. The van der Waals surface area contributed by atoms with Crippen LogP contribution in [-0.4, -0.2) is 30.4 Å². The van der Waals surface area contributed by atoms with Crippen LogP contribution in [0.3, 0.4) is 0 Å². The molecule has 1 aromatic rings. The molecule has 7 heteroatoms. The first-order valence-electron chi connectivity index (χ1n) is 3.40. The molecule has 13 heavy (non-hydrogen) atoms. The molecule has 0 saturated carbocycles. The molecule has 0 radical (unpaired) electrons. The highest BCUT2D eigenvalue weighted by molar-refractivity contribution is 7.91. The number of hydrogen-bond acceptors (Lipinski definition) is 5. The Morgan fingerprint density at radius 1 is 1.69 bits per heavy atom. The third-order valence-electron chi connectivity index (χ3n) is 1.39. The molecule has 0 fully saturated rings. The van der Waals surface area contributed by atoms with Gasteiger partial charge in [-0.15, -0.1) is 0 Å². The Bertz CT molecular complexity index is 418. The predicted molar refractivity (Wildman–Crippen MR) is 41.2 cm³/mol. The molecule has 0 aliphatic carbocycles. The molecule has 1 aromatic heterocycles. The van der Waals surface area contributed by atoms with Gasteiger partial charge in [0.1, 0.15) is 0 Å². The van der Waals surface area contributed by atoms with Crippen molar-refractivity contribution < 1.29 is 22.8 Å². The number of hydrogen-bond donors (Lipinski definition) is 1. The highest BCUT2D eigenvalue weighted by Crippen LogP contribution is 2.12. The summed E-state index contributed by atoms with van der Waals surface area (Å²) in [6, 6.07) is 0.890. The first-order valence-corrected chi connectivity index (χ1v) is 5.05. The van der Waals surface area contributed by atoms with Crippen LogP contribution in [0.1, 0.15) is 17.4 Å². The van der Waals surface area contributed by atoms with Crippen LogP contribution in [0.15, 0.2) is 15.7 Å². The lowest BCUT2D eigenvalue weighted by atomic mass is 10.5. The summed E-state index contributed by atoms with van der Waals surface area (Å²) in [5.74, 6) is -1.47. The fourth-order valence-electron chi connectivity index (χ4n) is 0.648. The average Bonchev–Trinajstić information content (AvgIpc) is 2.52. The Labute approximate surface area is 74.1 Å². The molecule has 1 heterocycles. The van der Waals surface area contributed by atoms with Crippen LogP contribution < -0.4 is 0 Å². The van der Waals surface area contributed by atoms with Gasteiger partial charge in [0.15, 0.2) is 5.69 Å². The summed E-state index contributed by atoms with van der Waals surface area (Å²) in [5.41, 5.74) is -0.410. The molecule has 0 spiro atoms. The van der Waals surface area contributed by atoms with Gasteiger partial charge in [-0.25, -0.2) is 13.2 Å². The molecule has 0 aliphatic rings. The minimum Gasteiger partial charge on any atom is -0.476 e. The molecule has 0 aliphatic heterocycles. The summed E-state index contributed by atoms with van der Waals surface area (Å²) in [5, 5.41) is 11.1. The second-order valence-electron chi connectivity index (χ2n) is 2.24. The van der Waals surface area contributed by atoms with Crippen LogP contribution in [0, 0.1) is 0 Å². The number of aromatic carboxylic acids is 1. The standard InChI is InChI=1S/C6H7NO5S/c1-2-13(10,11)5-3-4(6(8)9)7-12-5/h3H,2H2,1H3,(H,8,9). The van der Waals surface area contributed by atoms with E-state index in [0.29, 0.717) is 0 Å². The molecule has 0 saturated heterocycles. The third kappa shape index (κ3) is 1.86. The topological polar surface area (TPSA) is 97.5 Å². The number of rotatable bonds is 3. The zero-order valence-corrected chi connectivity index (χ0v) is 7.54. The maximum Gasteiger partial charge on any atom is 0.358 e. The summed E-state index contributed by atoms with van der Waals surface area (Å²) >= 11 is 0. The molecule has 0 bridgehead atoms. The lowest BCUT2D eigenvalue weighted by Gasteiger charge is -1.90. The van der Waals surface area contributed by atoms with Crippen LogP contribution in [-0.2, 0) is 9.84 Å². The van der Waals surface area contributed by atoms with Crippen molar-refractivity contribution in [1.82, 2.24) is 5.16 Å². The van der Waals surface area contributed by atoms with E-state index in [1.165, 1.54) is 6.92 Å². The molecule has 1 N–H and O–H groups in total. The number of aromatic nitrogens is 1. The van der Waals surface area contributed by atoms with Gasteiger partial charge >= 0.3 is 5.97 Å². The number of carboxylic acid groups (broad SMARTS) is 1. The van der Waals surface area contributed by atoms with E-state index < -0.39 is 26.6 Å². The lowest BCUT2D eigenvalue weighted by Crippen LogP contribution is -2.02. The Morgan fingerprint density at radius 2 is 2.31 bits per heavy atom. The Kier molecular flexibility index (Phi) is 2.37. The monoisotopic (exact) mass is 205 g/mol. The zero-order valence-electron chi connectivity index (χ0n) is 6.72. The van der Waals surface area contributed by atoms with Gasteiger partial charge in [0.05, 0.1) is 5.75 Å². The van der Waals surface area contributed by atoms with Gasteiger partial charge in [-0.3, -0.25) is 0 Å². The largest absolute Gasteiger partial charge is 0.476 e. The van der Waals surface area contributed by atoms with Crippen molar-refractivity contribution in [2.24, 2.45) is 0 Å². The maximum absolute atomic E-state index is 11.1. The first-order chi connectivity index (χ1) is 5.97. The Morgan fingerprint density at radius 3 is 2.69 bits per heavy atom. The quantitative estimate of drug-likeness (QED) is 0.755. The van der Waals surface area contributed by atoms with Gasteiger partial charge in [-0.2, -0.15) is 0 Å². The van der Waals surface area contributed by atoms with E-state index in [1.807, 2.05) is 0 Å². The minimum absolute atomic E-state index is 0.152. The van der Waals surface area contributed by atoms with E-state index in [0.717, 1.165) is 6.07 Å². The summed E-state index contributed by atoms with van der Waals surface area (Å²) < 4.78 is 26.6. The summed E-state index contributed by atoms with van der Waals surface area (Å²) in [4.78, 5) is 10.3. The van der Waals surface area contributed by atoms with Gasteiger partial charge in [-0.1, -0.05) is 12.1 Å². The normalized spacial score (nSPS) is 11.5. The van der Waals surface area contributed by atoms with Crippen LogP contribution in [0.2, 0.25) is 0 Å². The van der Waals surface area contributed by atoms with Gasteiger partial charge < -0.3 is 9.63 Å². The Hall–Kier alpha value is -1.37. The van der Waals surface area contributed by atoms with Crippen LogP contribution in [0.25, 0.3) is 0 Å². The van der Waals surface area contributed by atoms with Crippen molar-refractivity contribution in [3.05, 3.63) is 11.8 Å². The van der Waals surface area contributed by atoms with Gasteiger partial charge in [0.25, 0.3) is 5.09 Å². The number of sulfone groups is 1. The Balaban J connectivity index is 3.13. The van der Waals surface area contributed by atoms with E-state index in [9.17, 15) is 13.2 Å². The van der Waals surface area contributed by atoms with Crippen LogP contribution in [0.4, 0.5) is 0 Å². The van der Waals surface area contributed by atoms with E-state index in [4.69, 9.17) is 5.11 Å². The SMILES string of the molecule is CCS(=O)(=O)c1cc(C(=O)O)no1. The first kappa shape index (κ1) is 9.72. The van der Waals surface area contributed by atoms with Crippen molar-refractivity contribution in [1.29, 1.82) is 0 Å². The van der Waals surface area contributed by atoms with Crippen molar-refractivity contribution in [2.75, 3.05) is 5.75 Å². The fourth-order valence-corrected chi connectivity index (χ4v) is 1.37. The smallest absolute Gasteiger partial charge is 0.358 e. The van der Waals surface area contributed by atoms with Crippen molar-refractivity contribution in [3.63, 3.8) is 0 Å². The summed E-state index contributed by atoms with van der Waals surface area (Å²) in [6.45, 7) is 1.43. The molecule has 0 amide bonds. The number of carbonyl (C=O) groups is 1. The lowest BCUT2D eigenvalue weighted by molar-refractivity contribution is 0.0685. The van der Waals surface area contributed by atoms with Gasteiger partial charge in [-0.05, 0) is 0 Å². The van der Waals surface area contributed by atoms with Crippen molar-refractivity contribution in [3.8, 4) is 0 Å². The zero-order chi connectivity index (χ0) is 10.1. The maximum atomic E-state index is 11.1. The highest BCUT2D eigenvalue weighted by atomic mass is 32.2. The van der Waals surface area contributed by atoms with Crippen molar-refractivity contribution >= 4 is 15.8 Å². The summed E-state index contributed by atoms with van der Waals surface area (Å²) in [7, 11) is -3.50. The molecule has 0 atom stereocenters. The van der Waals surface area contributed by atoms with E-state index in [-0.39, 0.29) is 5.75 Å². The van der Waals surface area contributed by atoms with Crippen LogP contribution in [0.5, 0.6) is 0 Å². The second-order valence-corrected chi connectivity index (χ2v) is 4.45. The highest BCUT2D eigenvalue weighted by Gasteiger charge is 2.20. The van der Waals surface area contributed by atoms with Crippen LogP contribution >= 0.6 is 0 Å². The van der Waals surface area contributed by atoms with Gasteiger partial charge in [0.2, 0.25) is 9.84 Å². The molecule has 72 valence electrons. The van der Waals surface area contributed by atoms with Gasteiger partial charge in [0, 0.05) is 6.07 Å². The molecular weight excluding hydrogens is 198 g/mol. The fraction of sp³-hybridized carbons (Fsp3) is 0.333. The molecule has 0 aromatic carbocycles. The van der Waals surface area contributed by atoms with Crippen molar-refractivity contribution in [2.45, 2.75) is 12.0 Å². The van der Waals surface area contributed by atoms with E-state index >= 15 is 0 Å². The number of nitrogens with zero attached hydrogens (tertiary/aromatic N) is 1. The number of carboxylic acids is 1. The summed E-state index contributed by atoms with van der Waals surface area (Å²) in [6.07, 6.45) is 0. The molecule has 6 nitrogen and oxygen atoms in total. The predicted octanol–water partition coefficient (Wildman–Crippen LogP) is 0.166. The van der Waals surface area contributed by atoms with E-state index in [2.05, 4.69) is 9.68 Å². The third-order valence-corrected chi connectivity index (χ3v) is 2.96.